The van der Waals surface area contributed by atoms with Crippen LogP contribution in [0.5, 0.6) is 0 Å². The molecule has 2 aliphatic rings. The molecule has 2 aliphatic heterocycles. The highest BCUT2D eigenvalue weighted by molar-refractivity contribution is 6.11. The average molecular weight is 417 g/mol. The molecule has 0 bridgehead atoms. The van der Waals surface area contributed by atoms with Crippen LogP contribution in [0.2, 0.25) is 0 Å². The zero-order valence-corrected chi connectivity index (χ0v) is 16.5. The molecule has 0 spiro atoms. The zero-order valence-electron chi connectivity index (χ0n) is 16.5. The molecule has 9 nitrogen and oxygen atoms in total. The molecule has 0 aliphatic carbocycles. The molecule has 3 N–H and O–H groups in total. The van der Waals surface area contributed by atoms with Gasteiger partial charge in [0.2, 0.25) is 11.8 Å². The van der Waals surface area contributed by atoms with Crippen LogP contribution in [-0.2, 0) is 16.0 Å². The Labute approximate surface area is 176 Å². The molecule has 1 atom stereocenters. The molecule has 0 saturated carbocycles. The number of aromatic amines is 1. The minimum atomic E-state index is -0.447. The topological polar surface area (TPSA) is 124 Å². The van der Waals surface area contributed by atoms with Crippen molar-refractivity contribution in [1.82, 2.24) is 15.1 Å². The molecule has 156 valence electrons. The van der Waals surface area contributed by atoms with E-state index in [1.54, 1.807) is 47.4 Å². The van der Waals surface area contributed by atoms with Gasteiger partial charge in [-0.1, -0.05) is 18.2 Å². The van der Waals surface area contributed by atoms with E-state index in [1.807, 2.05) is 0 Å². The van der Waals surface area contributed by atoms with Crippen molar-refractivity contribution in [3.63, 3.8) is 0 Å². The number of amides is 3. The zero-order chi connectivity index (χ0) is 21.5. The van der Waals surface area contributed by atoms with Crippen LogP contribution in [0, 0.1) is 0 Å². The van der Waals surface area contributed by atoms with Gasteiger partial charge < -0.3 is 15.5 Å². The van der Waals surface area contributed by atoms with E-state index in [1.165, 1.54) is 0 Å². The van der Waals surface area contributed by atoms with E-state index in [4.69, 9.17) is 0 Å². The summed E-state index contributed by atoms with van der Waals surface area (Å²) in [5.41, 5.74) is 1.37. The van der Waals surface area contributed by atoms with E-state index < -0.39 is 6.04 Å². The van der Waals surface area contributed by atoms with Crippen molar-refractivity contribution in [3.05, 3.63) is 64.1 Å². The first-order valence-corrected chi connectivity index (χ1v) is 10.0. The van der Waals surface area contributed by atoms with Gasteiger partial charge in [0.15, 0.2) is 0 Å². The Morgan fingerprint density at radius 2 is 1.94 bits per heavy atom. The van der Waals surface area contributed by atoms with Crippen molar-refractivity contribution < 1.29 is 14.4 Å². The standard InChI is InChI=1S/C22H19N5O4/c28-19(11-17-13-4-1-2-5-14(13)20(29)26-25-17)23-12-7-8-16-15(10-12)22(31)27-9-3-6-18(27)21(30)24-16/h1-2,4-5,7-8,10,18H,3,6,9,11H2,(H,23,28)(H,24,30)(H,26,29). The quantitative estimate of drug-likeness (QED) is 0.598. The molecule has 2 aromatic carbocycles. The Kier molecular flexibility index (Phi) is 4.50. The van der Waals surface area contributed by atoms with Gasteiger partial charge in [-0.15, -0.1) is 0 Å². The van der Waals surface area contributed by atoms with Crippen molar-refractivity contribution in [1.29, 1.82) is 0 Å². The summed E-state index contributed by atoms with van der Waals surface area (Å²) in [5.74, 6) is -0.744. The molecule has 31 heavy (non-hydrogen) atoms. The van der Waals surface area contributed by atoms with Crippen molar-refractivity contribution in [2.24, 2.45) is 0 Å². The van der Waals surface area contributed by atoms with Gasteiger partial charge in [-0.3, -0.25) is 19.2 Å². The maximum atomic E-state index is 12.9. The summed E-state index contributed by atoms with van der Waals surface area (Å²) in [6.45, 7) is 0.540. The number of carbonyl (C=O) groups is 3. The number of anilines is 2. The second kappa shape index (κ2) is 7.35. The van der Waals surface area contributed by atoms with E-state index in [2.05, 4.69) is 20.8 Å². The monoisotopic (exact) mass is 417 g/mol. The molecule has 1 saturated heterocycles. The van der Waals surface area contributed by atoms with Crippen LogP contribution in [0.4, 0.5) is 11.4 Å². The number of fused-ring (bicyclic) bond motifs is 3. The fourth-order valence-corrected chi connectivity index (χ4v) is 4.22. The summed E-state index contributed by atoms with van der Waals surface area (Å²) in [7, 11) is 0. The van der Waals surface area contributed by atoms with E-state index >= 15 is 0 Å². The van der Waals surface area contributed by atoms with Gasteiger partial charge in [0.1, 0.15) is 6.04 Å². The number of aromatic nitrogens is 2. The molecule has 9 heteroatoms. The van der Waals surface area contributed by atoms with Crippen molar-refractivity contribution >= 4 is 39.9 Å². The number of H-pyrrole nitrogens is 1. The third kappa shape index (κ3) is 3.33. The smallest absolute Gasteiger partial charge is 0.272 e. The maximum Gasteiger partial charge on any atom is 0.272 e. The van der Waals surface area contributed by atoms with E-state index in [9.17, 15) is 19.2 Å². The molecule has 1 fully saturated rings. The fourth-order valence-electron chi connectivity index (χ4n) is 4.22. The summed E-state index contributed by atoms with van der Waals surface area (Å²) in [6.07, 6.45) is 1.39. The van der Waals surface area contributed by atoms with Gasteiger partial charge in [0, 0.05) is 17.6 Å². The Bertz CT molecular complexity index is 1300. The molecular formula is C22H19N5O4. The van der Waals surface area contributed by atoms with Crippen molar-refractivity contribution in [2.75, 3.05) is 17.2 Å². The second-order valence-corrected chi connectivity index (χ2v) is 7.68. The van der Waals surface area contributed by atoms with Gasteiger partial charge in [0.05, 0.1) is 28.8 Å². The van der Waals surface area contributed by atoms with Crippen molar-refractivity contribution in [2.45, 2.75) is 25.3 Å². The Hall–Kier alpha value is -4.01. The van der Waals surface area contributed by atoms with E-state index in [0.717, 1.165) is 6.42 Å². The number of rotatable bonds is 3. The first-order chi connectivity index (χ1) is 15.0. The third-order valence-corrected chi connectivity index (χ3v) is 5.71. The summed E-state index contributed by atoms with van der Waals surface area (Å²) in [6, 6.07) is 11.3. The second-order valence-electron chi connectivity index (χ2n) is 7.68. The Balaban J connectivity index is 1.39. The van der Waals surface area contributed by atoms with Gasteiger partial charge in [0.25, 0.3) is 11.5 Å². The number of nitrogens with zero attached hydrogens (tertiary/aromatic N) is 2. The van der Waals surface area contributed by atoms with Crippen LogP contribution in [0.25, 0.3) is 10.8 Å². The van der Waals surface area contributed by atoms with Crippen LogP contribution in [-0.4, -0.2) is 45.4 Å². The van der Waals surface area contributed by atoms with Gasteiger partial charge in [-0.2, -0.15) is 5.10 Å². The predicted octanol–water partition coefficient (Wildman–Crippen LogP) is 1.66. The largest absolute Gasteiger partial charge is 0.327 e. The fraction of sp³-hybridized carbons (Fsp3) is 0.227. The number of nitrogens with one attached hydrogen (secondary N) is 3. The summed E-state index contributed by atoms with van der Waals surface area (Å²) in [5, 5.41) is 13.1. The van der Waals surface area contributed by atoms with Gasteiger partial charge in [-0.25, -0.2) is 5.10 Å². The molecule has 3 heterocycles. The van der Waals surface area contributed by atoms with Crippen molar-refractivity contribution in [3.8, 4) is 0 Å². The highest BCUT2D eigenvalue weighted by Gasteiger charge is 2.38. The third-order valence-electron chi connectivity index (χ3n) is 5.71. The minimum absolute atomic E-state index is 0.0484. The molecule has 3 amide bonds. The SMILES string of the molecule is O=C(Cc1n[nH]c(=O)c2ccccc12)Nc1ccc2c(c1)C(=O)N1CCCC1C(=O)N2. The first-order valence-electron chi connectivity index (χ1n) is 10.0. The van der Waals surface area contributed by atoms with Gasteiger partial charge in [-0.05, 0) is 37.1 Å². The lowest BCUT2D eigenvalue weighted by Gasteiger charge is -2.20. The maximum absolute atomic E-state index is 12.9. The lowest BCUT2D eigenvalue weighted by Crippen LogP contribution is -2.40. The number of carbonyl (C=O) groups excluding carboxylic acids is 3. The predicted molar refractivity (Wildman–Crippen MR) is 114 cm³/mol. The molecular weight excluding hydrogens is 398 g/mol. The summed E-state index contributed by atoms with van der Waals surface area (Å²) < 4.78 is 0. The van der Waals surface area contributed by atoms with Crippen LogP contribution < -0.4 is 16.2 Å². The molecule has 1 aromatic heterocycles. The molecule has 0 radical (unpaired) electrons. The Morgan fingerprint density at radius 3 is 2.77 bits per heavy atom. The number of hydrogen-bond donors (Lipinski definition) is 3. The molecule has 3 aromatic rings. The van der Waals surface area contributed by atoms with Crippen LogP contribution in [0.15, 0.2) is 47.3 Å². The number of hydrogen-bond acceptors (Lipinski definition) is 5. The summed E-state index contributed by atoms with van der Waals surface area (Å²) >= 11 is 0. The van der Waals surface area contributed by atoms with E-state index in [-0.39, 0.29) is 29.7 Å². The van der Waals surface area contributed by atoms with Crippen LogP contribution in [0.1, 0.15) is 28.9 Å². The van der Waals surface area contributed by atoms with Gasteiger partial charge >= 0.3 is 0 Å². The minimum Gasteiger partial charge on any atom is -0.327 e. The highest BCUT2D eigenvalue weighted by atomic mass is 16.2. The number of benzene rings is 2. The Morgan fingerprint density at radius 1 is 1.13 bits per heavy atom. The first kappa shape index (κ1) is 19.0. The van der Waals surface area contributed by atoms with Crippen LogP contribution >= 0.6 is 0 Å². The lowest BCUT2D eigenvalue weighted by atomic mass is 10.1. The normalized spacial score (nSPS) is 17.7. The lowest BCUT2D eigenvalue weighted by molar-refractivity contribution is -0.119. The van der Waals surface area contributed by atoms with E-state index in [0.29, 0.717) is 46.4 Å². The molecule has 5 rings (SSSR count). The summed E-state index contributed by atoms with van der Waals surface area (Å²) in [4.78, 5) is 51.5. The highest BCUT2D eigenvalue weighted by Crippen LogP contribution is 2.30. The average Bonchev–Trinajstić information content (AvgIpc) is 3.23. The molecule has 1 unspecified atom stereocenters. The van der Waals surface area contributed by atoms with Crippen LogP contribution in [0.3, 0.4) is 0 Å².